The smallest absolute Gasteiger partial charge is 0.00109 e. The van der Waals surface area contributed by atoms with Gasteiger partial charge in [0.2, 0.25) is 0 Å². The highest BCUT2D eigenvalue weighted by Gasteiger charge is 2.24. The first-order valence-electron chi connectivity index (χ1n) is 9.35. The molecule has 0 spiro atoms. The van der Waals surface area contributed by atoms with Crippen LogP contribution in [0.2, 0.25) is 0 Å². The minimum atomic E-state index is 1.07. The molecule has 0 heterocycles. The molecule has 0 saturated carbocycles. The molecule has 26 heavy (non-hydrogen) atoms. The monoisotopic (exact) mass is 328 g/mol. The second-order valence-corrected chi connectivity index (χ2v) is 7.76. The van der Waals surface area contributed by atoms with E-state index in [4.69, 9.17) is 0 Å². The highest BCUT2D eigenvalue weighted by molar-refractivity contribution is 6.41. The van der Waals surface area contributed by atoms with E-state index >= 15 is 0 Å². The molecule has 0 unspecified atom stereocenters. The van der Waals surface area contributed by atoms with E-state index in [1.165, 1.54) is 70.6 Å². The van der Waals surface area contributed by atoms with Crippen LogP contribution in [0.1, 0.15) is 16.7 Å². The fourth-order valence-corrected chi connectivity index (χ4v) is 5.51. The van der Waals surface area contributed by atoms with Gasteiger partial charge in [-0.2, -0.15) is 0 Å². The van der Waals surface area contributed by atoms with Crippen molar-refractivity contribution >= 4 is 53.9 Å². The van der Waals surface area contributed by atoms with Gasteiger partial charge < -0.3 is 0 Å². The number of hydrogen-bond acceptors (Lipinski definition) is 0. The third-order valence-electron chi connectivity index (χ3n) is 6.51. The Labute approximate surface area is 151 Å². The van der Waals surface area contributed by atoms with E-state index in [2.05, 4.69) is 73.7 Å². The van der Waals surface area contributed by atoms with Gasteiger partial charge in [0.25, 0.3) is 0 Å². The van der Waals surface area contributed by atoms with Crippen LogP contribution in [0.15, 0.2) is 66.7 Å². The van der Waals surface area contributed by atoms with Gasteiger partial charge in [-0.1, -0.05) is 66.7 Å². The number of fused-ring (bicyclic) bond motifs is 4. The molecule has 0 saturated heterocycles. The lowest BCUT2D eigenvalue weighted by Crippen LogP contribution is -1.90. The van der Waals surface area contributed by atoms with Crippen LogP contribution >= 0.6 is 0 Å². The van der Waals surface area contributed by atoms with Crippen molar-refractivity contribution in [3.05, 3.63) is 83.4 Å². The molecule has 0 radical (unpaired) electrons. The molecule has 0 amide bonds. The van der Waals surface area contributed by atoms with Crippen molar-refractivity contribution in [2.45, 2.75) is 13.3 Å². The lowest BCUT2D eigenvalue weighted by Gasteiger charge is -2.18. The molecular weight excluding hydrogens is 312 g/mol. The van der Waals surface area contributed by atoms with E-state index in [0.717, 1.165) is 6.42 Å². The molecule has 0 N–H and O–H groups in total. The third-order valence-corrected chi connectivity index (χ3v) is 6.51. The molecule has 7 rings (SSSR count). The summed E-state index contributed by atoms with van der Waals surface area (Å²) in [5, 5.41) is 14.3. The van der Waals surface area contributed by atoms with Gasteiger partial charge in [0.05, 0.1) is 0 Å². The van der Waals surface area contributed by atoms with Crippen LogP contribution in [0.3, 0.4) is 0 Å². The predicted molar refractivity (Wildman–Crippen MR) is 113 cm³/mol. The number of benzene rings is 6. The van der Waals surface area contributed by atoms with E-state index in [1.807, 2.05) is 0 Å². The Morgan fingerprint density at radius 1 is 0.462 bits per heavy atom. The third kappa shape index (κ3) is 1.29. The number of hydrogen-bond donors (Lipinski definition) is 0. The van der Waals surface area contributed by atoms with Gasteiger partial charge in [0.15, 0.2) is 0 Å². The second-order valence-electron chi connectivity index (χ2n) is 7.76. The molecule has 0 atom stereocenters. The van der Waals surface area contributed by atoms with Crippen molar-refractivity contribution in [1.29, 1.82) is 0 Å². The zero-order chi connectivity index (χ0) is 17.0. The van der Waals surface area contributed by atoms with Crippen LogP contribution in [0, 0.1) is 6.92 Å². The molecule has 0 aromatic heterocycles. The normalized spacial score (nSPS) is 13.4. The Kier molecular flexibility index (Phi) is 2.10. The van der Waals surface area contributed by atoms with Crippen LogP contribution in [0.5, 0.6) is 0 Å². The first-order chi connectivity index (χ1) is 12.8. The van der Waals surface area contributed by atoms with Gasteiger partial charge in [-0.3, -0.25) is 0 Å². The van der Waals surface area contributed by atoms with E-state index in [-0.39, 0.29) is 0 Å². The summed E-state index contributed by atoms with van der Waals surface area (Å²) in [5.74, 6) is 0. The quantitative estimate of drug-likeness (QED) is 0.206. The summed E-state index contributed by atoms with van der Waals surface area (Å²) in [5.41, 5.74) is 4.37. The molecule has 0 fully saturated rings. The maximum absolute atomic E-state index is 2.36. The average molecular weight is 328 g/mol. The first kappa shape index (κ1) is 13.1. The molecule has 0 aliphatic heterocycles. The van der Waals surface area contributed by atoms with Crippen LogP contribution in [-0.4, -0.2) is 0 Å². The summed E-state index contributed by atoms with van der Waals surface area (Å²) >= 11 is 0. The molecule has 6 aromatic rings. The van der Waals surface area contributed by atoms with Crippen LogP contribution in [-0.2, 0) is 6.42 Å². The zero-order valence-corrected chi connectivity index (χ0v) is 14.6. The van der Waals surface area contributed by atoms with Crippen molar-refractivity contribution in [3.8, 4) is 0 Å². The highest BCUT2D eigenvalue weighted by atomic mass is 14.3. The molecule has 0 nitrogen and oxygen atoms in total. The molecule has 0 bridgehead atoms. The van der Waals surface area contributed by atoms with Gasteiger partial charge >= 0.3 is 0 Å². The minimum Gasteiger partial charge on any atom is -0.0616 e. The fourth-order valence-electron chi connectivity index (χ4n) is 5.51. The summed E-state index contributed by atoms with van der Waals surface area (Å²) in [6.07, 6.45) is 1.07. The first-order valence-corrected chi connectivity index (χ1v) is 9.35. The van der Waals surface area contributed by atoms with E-state index < -0.39 is 0 Å². The summed E-state index contributed by atoms with van der Waals surface area (Å²) in [6.45, 7) is 2.26. The van der Waals surface area contributed by atoms with Crippen LogP contribution in [0.25, 0.3) is 53.9 Å². The summed E-state index contributed by atoms with van der Waals surface area (Å²) in [6, 6.07) is 25.1. The van der Waals surface area contributed by atoms with Crippen molar-refractivity contribution in [3.63, 3.8) is 0 Å². The maximum atomic E-state index is 2.36. The Morgan fingerprint density at radius 3 is 1.88 bits per heavy atom. The largest absolute Gasteiger partial charge is 0.0616 e. The maximum Gasteiger partial charge on any atom is -0.00109 e. The number of aryl methyl sites for hydroxylation is 1. The van der Waals surface area contributed by atoms with Gasteiger partial charge in [-0.25, -0.2) is 0 Å². The Balaban J connectivity index is 2.02. The second kappa shape index (κ2) is 4.16. The van der Waals surface area contributed by atoms with E-state index in [1.54, 1.807) is 0 Å². The van der Waals surface area contributed by atoms with Crippen molar-refractivity contribution in [2.75, 3.05) is 0 Å². The van der Waals surface area contributed by atoms with E-state index in [9.17, 15) is 0 Å². The minimum absolute atomic E-state index is 1.07. The number of rotatable bonds is 0. The summed E-state index contributed by atoms with van der Waals surface area (Å²) in [4.78, 5) is 0. The topological polar surface area (TPSA) is 0 Å². The molecule has 1 aliphatic rings. The Hall–Kier alpha value is -3.12. The lowest BCUT2D eigenvalue weighted by atomic mass is 9.85. The van der Waals surface area contributed by atoms with E-state index in [0.29, 0.717) is 0 Å². The molecule has 120 valence electrons. The lowest BCUT2D eigenvalue weighted by molar-refractivity contribution is 1.27. The molecule has 6 aromatic carbocycles. The van der Waals surface area contributed by atoms with Gasteiger partial charge in [-0.05, 0) is 83.9 Å². The van der Waals surface area contributed by atoms with Gasteiger partial charge in [0, 0.05) is 0 Å². The van der Waals surface area contributed by atoms with Crippen molar-refractivity contribution in [2.24, 2.45) is 0 Å². The fraction of sp³-hybridized carbons (Fsp3) is 0.0769. The van der Waals surface area contributed by atoms with Crippen molar-refractivity contribution in [1.82, 2.24) is 0 Å². The van der Waals surface area contributed by atoms with Crippen molar-refractivity contribution < 1.29 is 0 Å². The average Bonchev–Trinajstić information content (AvgIpc) is 3.07. The molecule has 0 heteroatoms. The summed E-state index contributed by atoms with van der Waals surface area (Å²) < 4.78 is 0. The zero-order valence-electron chi connectivity index (χ0n) is 14.6. The predicted octanol–water partition coefficient (Wildman–Crippen LogP) is 7.10. The highest BCUT2D eigenvalue weighted by Crippen LogP contribution is 2.49. The summed E-state index contributed by atoms with van der Waals surface area (Å²) in [7, 11) is 0. The standard InChI is InChI=1S/C26H16/c1-14-9-10-15-13-16-11-12-20-18-6-3-2-5-17(18)19-7-4-8-21-22(14)23(15)24(16)26(20)25(19)21/h2-12H,13H2,1H3. The van der Waals surface area contributed by atoms with Crippen LogP contribution in [0.4, 0.5) is 0 Å². The molecule has 1 aliphatic carbocycles. The van der Waals surface area contributed by atoms with Crippen LogP contribution < -0.4 is 0 Å². The Bertz CT molecular complexity index is 1530. The SMILES string of the molecule is Cc1ccc2c3c1c1cccc4c5ccccc5c5ccc(c3c5c41)C2. The molecular formula is C26H16. The van der Waals surface area contributed by atoms with Gasteiger partial charge in [-0.15, -0.1) is 0 Å². The Morgan fingerprint density at radius 2 is 1.08 bits per heavy atom. The van der Waals surface area contributed by atoms with Gasteiger partial charge in [0.1, 0.15) is 0 Å².